The predicted octanol–water partition coefficient (Wildman–Crippen LogP) is 8.01. The molecule has 0 spiro atoms. The highest BCUT2D eigenvalue weighted by atomic mass is 19.4. The van der Waals surface area contributed by atoms with Crippen molar-refractivity contribution in [1.82, 2.24) is 9.97 Å². The smallest absolute Gasteiger partial charge is 0.340 e. The number of hydrogen-bond acceptors (Lipinski definition) is 4. The van der Waals surface area contributed by atoms with Crippen molar-refractivity contribution in [2.75, 3.05) is 10.6 Å². The van der Waals surface area contributed by atoms with E-state index in [-0.39, 0.29) is 17.2 Å². The van der Waals surface area contributed by atoms with Gasteiger partial charge in [0.25, 0.3) is 0 Å². The predicted molar refractivity (Wildman–Crippen MR) is 128 cm³/mol. The summed E-state index contributed by atoms with van der Waals surface area (Å²) >= 11 is 0. The summed E-state index contributed by atoms with van der Waals surface area (Å²) in [6.07, 6.45) is 0.728. The summed E-state index contributed by atoms with van der Waals surface area (Å²) in [7, 11) is 0. The molecule has 176 valence electrons. The molecule has 0 aliphatic heterocycles. The molecule has 0 radical (unpaired) electrons. The second kappa shape index (κ2) is 10.2. The molecule has 33 heavy (non-hydrogen) atoms. The summed E-state index contributed by atoms with van der Waals surface area (Å²) < 4.78 is 40.8. The third kappa shape index (κ3) is 6.94. The van der Waals surface area contributed by atoms with Gasteiger partial charge in [0.05, 0.1) is 0 Å². The van der Waals surface area contributed by atoms with E-state index >= 15 is 0 Å². The molecule has 3 aromatic rings. The number of rotatable bonds is 8. The van der Waals surface area contributed by atoms with E-state index < -0.39 is 11.7 Å². The highest BCUT2D eigenvalue weighted by Crippen LogP contribution is 2.36. The molecule has 0 aliphatic rings. The fraction of sp³-hybridized carbons (Fsp3) is 0.385. The molecule has 0 saturated heterocycles. The van der Waals surface area contributed by atoms with Gasteiger partial charge in [0.15, 0.2) is 0 Å². The fourth-order valence-electron chi connectivity index (χ4n) is 3.41. The minimum absolute atomic E-state index is 0.0937. The molecule has 0 bridgehead atoms. The first kappa shape index (κ1) is 24.6. The van der Waals surface area contributed by atoms with Crippen LogP contribution in [0.4, 0.5) is 36.3 Å². The van der Waals surface area contributed by atoms with Crippen molar-refractivity contribution < 1.29 is 13.2 Å². The number of halogens is 3. The first-order valence-electron chi connectivity index (χ1n) is 11.2. The van der Waals surface area contributed by atoms with E-state index in [1.807, 2.05) is 42.5 Å². The Morgan fingerprint density at radius 2 is 1.61 bits per heavy atom. The van der Waals surface area contributed by atoms with Crippen LogP contribution in [0.25, 0.3) is 0 Å². The van der Waals surface area contributed by atoms with Gasteiger partial charge in [-0.1, -0.05) is 64.8 Å². The van der Waals surface area contributed by atoms with Crippen LogP contribution in [0.5, 0.6) is 0 Å². The van der Waals surface area contributed by atoms with Crippen LogP contribution in [0, 0.1) is 0 Å². The van der Waals surface area contributed by atoms with Crippen LogP contribution >= 0.6 is 0 Å². The van der Waals surface area contributed by atoms with Gasteiger partial charge in [0, 0.05) is 17.6 Å². The Morgan fingerprint density at radius 1 is 0.879 bits per heavy atom. The number of anilines is 4. The van der Waals surface area contributed by atoms with Crippen molar-refractivity contribution in [2.24, 2.45) is 0 Å². The van der Waals surface area contributed by atoms with Crippen LogP contribution in [-0.2, 0) is 18.0 Å². The van der Waals surface area contributed by atoms with Crippen LogP contribution < -0.4 is 10.6 Å². The lowest BCUT2D eigenvalue weighted by molar-refractivity contribution is -0.137. The monoisotopic (exact) mass is 456 g/mol. The average Bonchev–Trinajstić information content (AvgIpc) is 2.74. The van der Waals surface area contributed by atoms with Gasteiger partial charge in [-0.05, 0) is 53.6 Å². The minimum Gasteiger partial charge on any atom is -0.340 e. The standard InChI is InChI=1S/C26H31F3N4/c1-5-6-7-9-18-12-14-20(15-13-18)32-24-30-17-22(26(27,28)29)23(33-24)31-21-11-8-10-19(16-21)25(2,3)4/h8,10-17H,5-7,9H2,1-4H3,(H2,30,31,32,33). The second-order valence-corrected chi connectivity index (χ2v) is 9.19. The van der Waals surface area contributed by atoms with Crippen molar-refractivity contribution in [3.05, 3.63) is 71.4 Å². The molecule has 0 unspecified atom stereocenters. The maximum Gasteiger partial charge on any atom is 0.421 e. The number of nitrogens with zero attached hydrogens (tertiary/aromatic N) is 2. The summed E-state index contributed by atoms with van der Waals surface area (Å²) in [5.41, 5.74) is 2.44. The van der Waals surface area contributed by atoms with Crippen molar-refractivity contribution in [2.45, 2.75) is 65.0 Å². The lowest BCUT2D eigenvalue weighted by atomic mass is 9.87. The quantitative estimate of drug-likeness (QED) is 0.337. The molecule has 1 aromatic heterocycles. The molecule has 0 fully saturated rings. The van der Waals surface area contributed by atoms with E-state index in [4.69, 9.17) is 0 Å². The zero-order chi connectivity index (χ0) is 24.1. The molecular formula is C26H31F3N4. The van der Waals surface area contributed by atoms with Crippen molar-refractivity contribution in [1.29, 1.82) is 0 Å². The fourth-order valence-corrected chi connectivity index (χ4v) is 3.41. The van der Waals surface area contributed by atoms with E-state index in [0.717, 1.165) is 30.3 Å². The summed E-state index contributed by atoms with van der Waals surface area (Å²) in [5.74, 6) is -0.196. The van der Waals surface area contributed by atoms with Gasteiger partial charge in [-0.25, -0.2) is 4.98 Å². The molecule has 2 aromatic carbocycles. The third-order valence-corrected chi connectivity index (χ3v) is 5.36. The van der Waals surface area contributed by atoms with Gasteiger partial charge < -0.3 is 10.6 Å². The maximum atomic E-state index is 13.6. The molecule has 2 N–H and O–H groups in total. The molecule has 4 nitrogen and oxygen atoms in total. The summed E-state index contributed by atoms with van der Waals surface area (Å²) in [4.78, 5) is 8.05. The van der Waals surface area contributed by atoms with E-state index in [1.54, 1.807) is 6.07 Å². The molecular weight excluding hydrogens is 425 g/mol. The molecule has 0 amide bonds. The SMILES string of the molecule is CCCCCc1ccc(Nc2ncc(C(F)(F)F)c(Nc3cccc(C(C)(C)C)c3)n2)cc1. The van der Waals surface area contributed by atoms with Crippen LogP contribution in [0.15, 0.2) is 54.7 Å². The van der Waals surface area contributed by atoms with E-state index in [0.29, 0.717) is 5.69 Å². The lowest BCUT2D eigenvalue weighted by Gasteiger charge is -2.20. The zero-order valence-corrected chi connectivity index (χ0v) is 19.6. The molecule has 0 aliphatic carbocycles. The Bertz CT molecular complexity index is 1050. The number of alkyl halides is 3. The maximum absolute atomic E-state index is 13.6. The molecule has 1 heterocycles. The Labute approximate surface area is 193 Å². The van der Waals surface area contributed by atoms with Gasteiger partial charge in [-0.2, -0.15) is 18.2 Å². The van der Waals surface area contributed by atoms with E-state index in [2.05, 4.69) is 48.3 Å². The number of aromatic nitrogens is 2. The number of hydrogen-bond donors (Lipinski definition) is 2. The number of aryl methyl sites for hydroxylation is 1. The van der Waals surface area contributed by atoms with Gasteiger partial charge in [0.2, 0.25) is 5.95 Å². The van der Waals surface area contributed by atoms with Gasteiger partial charge in [0.1, 0.15) is 11.4 Å². The number of nitrogens with one attached hydrogen (secondary N) is 2. The first-order valence-corrected chi connectivity index (χ1v) is 11.2. The zero-order valence-electron chi connectivity index (χ0n) is 19.6. The number of benzene rings is 2. The normalized spacial score (nSPS) is 12.0. The second-order valence-electron chi connectivity index (χ2n) is 9.19. The Balaban J connectivity index is 1.83. The average molecular weight is 457 g/mol. The topological polar surface area (TPSA) is 49.8 Å². The largest absolute Gasteiger partial charge is 0.421 e. The van der Waals surface area contributed by atoms with Gasteiger partial charge in [-0.3, -0.25) is 0 Å². The minimum atomic E-state index is -4.58. The van der Waals surface area contributed by atoms with Crippen molar-refractivity contribution in [3.8, 4) is 0 Å². The third-order valence-electron chi connectivity index (χ3n) is 5.36. The Morgan fingerprint density at radius 3 is 2.24 bits per heavy atom. The molecule has 7 heteroatoms. The number of unbranched alkanes of at least 4 members (excludes halogenated alkanes) is 2. The summed E-state index contributed by atoms with van der Waals surface area (Å²) in [6.45, 7) is 8.32. The lowest BCUT2D eigenvalue weighted by Crippen LogP contribution is -2.14. The Hall–Kier alpha value is -3.09. The van der Waals surface area contributed by atoms with Crippen LogP contribution in [0.1, 0.15) is 63.6 Å². The Kier molecular flexibility index (Phi) is 7.61. The summed E-state index contributed by atoms with van der Waals surface area (Å²) in [5, 5.41) is 5.85. The van der Waals surface area contributed by atoms with Crippen LogP contribution in [0.2, 0.25) is 0 Å². The van der Waals surface area contributed by atoms with E-state index in [9.17, 15) is 13.2 Å². The van der Waals surface area contributed by atoms with Crippen LogP contribution in [0.3, 0.4) is 0 Å². The molecule has 0 atom stereocenters. The van der Waals surface area contributed by atoms with Crippen molar-refractivity contribution >= 4 is 23.1 Å². The van der Waals surface area contributed by atoms with Gasteiger partial charge >= 0.3 is 6.18 Å². The first-order chi connectivity index (χ1) is 15.6. The van der Waals surface area contributed by atoms with Gasteiger partial charge in [-0.15, -0.1) is 0 Å². The summed E-state index contributed by atoms with van der Waals surface area (Å²) in [6, 6.07) is 15.1. The van der Waals surface area contributed by atoms with E-state index in [1.165, 1.54) is 18.4 Å². The van der Waals surface area contributed by atoms with Crippen LogP contribution in [-0.4, -0.2) is 9.97 Å². The molecule has 3 rings (SSSR count). The van der Waals surface area contributed by atoms with Crippen molar-refractivity contribution in [3.63, 3.8) is 0 Å². The highest BCUT2D eigenvalue weighted by Gasteiger charge is 2.35. The molecule has 0 saturated carbocycles. The highest BCUT2D eigenvalue weighted by molar-refractivity contribution is 5.63.